The number of hydrogen-bond acceptors (Lipinski definition) is 3. The molecule has 132 valence electrons. The van der Waals surface area contributed by atoms with Crippen LogP contribution in [0.4, 0.5) is 0 Å². The van der Waals surface area contributed by atoms with Crippen LogP contribution >= 0.6 is 0 Å². The van der Waals surface area contributed by atoms with Gasteiger partial charge in [0.15, 0.2) is 6.10 Å². The van der Waals surface area contributed by atoms with E-state index in [0.29, 0.717) is 0 Å². The second-order valence-electron chi connectivity index (χ2n) is 6.79. The topological polar surface area (TPSA) is 32.8 Å². The van der Waals surface area contributed by atoms with Gasteiger partial charge >= 0.3 is 0 Å². The molecule has 0 radical (unpaired) electrons. The van der Waals surface area contributed by atoms with Crippen molar-refractivity contribution in [3.05, 3.63) is 65.7 Å². The molecule has 0 bridgehead atoms. The number of rotatable bonds is 4. The Hall–Kier alpha value is -2.33. The van der Waals surface area contributed by atoms with Crippen molar-refractivity contribution in [2.45, 2.75) is 26.0 Å². The highest BCUT2D eigenvalue weighted by molar-refractivity contribution is 5.81. The van der Waals surface area contributed by atoms with E-state index < -0.39 is 6.10 Å². The summed E-state index contributed by atoms with van der Waals surface area (Å²) < 4.78 is 5.89. The van der Waals surface area contributed by atoms with Gasteiger partial charge in [0.05, 0.1) is 6.04 Å². The SMILES string of the molecule is Cc1ccc(OC(C)C(=O)N2CCN(C)CC2c2ccccc2)cc1. The van der Waals surface area contributed by atoms with Gasteiger partial charge in [0, 0.05) is 19.6 Å². The van der Waals surface area contributed by atoms with Crippen molar-refractivity contribution >= 4 is 5.91 Å². The van der Waals surface area contributed by atoms with E-state index in [4.69, 9.17) is 4.74 Å². The van der Waals surface area contributed by atoms with Gasteiger partial charge in [-0.25, -0.2) is 0 Å². The summed E-state index contributed by atoms with van der Waals surface area (Å²) in [6, 6.07) is 18.1. The fourth-order valence-corrected chi connectivity index (χ4v) is 3.25. The third kappa shape index (κ3) is 4.20. The van der Waals surface area contributed by atoms with E-state index in [1.54, 1.807) is 0 Å². The molecule has 2 aromatic rings. The van der Waals surface area contributed by atoms with Crippen LogP contribution in [-0.4, -0.2) is 48.5 Å². The smallest absolute Gasteiger partial charge is 0.263 e. The van der Waals surface area contributed by atoms with Gasteiger partial charge in [-0.3, -0.25) is 4.79 Å². The molecule has 1 fully saturated rings. The molecule has 1 saturated heterocycles. The van der Waals surface area contributed by atoms with Crippen LogP contribution in [0.3, 0.4) is 0 Å². The Morgan fingerprint density at radius 1 is 1.08 bits per heavy atom. The Bertz CT molecular complexity index is 700. The molecule has 4 heteroatoms. The fraction of sp³-hybridized carbons (Fsp3) is 0.381. The van der Waals surface area contributed by atoms with Gasteiger partial charge in [-0.05, 0) is 38.6 Å². The van der Waals surface area contributed by atoms with Gasteiger partial charge in [0.1, 0.15) is 5.75 Å². The molecule has 2 unspecified atom stereocenters. The summed E-state index contributed by atoms with van der Waals surface area (Å²) >= 11 is 0. The number of hydrogen-bond donors (Lipinski definition) is 0. The quantitative estimate of drug-likeness (QED) is 0.858. The summed E-state index contributed by atoms with van der Waals surface area (Å²) in [5, 5.41) is 0. The third-order valence-corrected chi connectivity index (χ3v) is 4.73. The van der Waals surface area contributed by atoms with Crippen LogP contribution in [0.5, 0.6) is 5.75 Å². The minimum atomic E-state index is -0.502. The first-order valence-electron chi connectivity index (χ1n) is 8.82. The summed E-state index contributed by atoms with van der Waals surface area (Å²) in [7, 11) is 2.10. The Labute approximate surface area is 150 Å². The second-order valence-corrected chi connectivity index (χ2v) is 6.79. The molecule has 4 nitrogen and oxygen atoms in total. The van der Waals surface area contributed by atoms with E-state index in [-0.39, 0.29) is 11.9 Å². The van der Waals surface area contributed by atoms with E-state index in [1.807, 2.05) is 61.2 Å². The average molecular weight is 338 g/mol. The number of benzene rings is 2. The molecular formula is C21H26N2O2. The van der Waals surface area contributed by atoms with Gasteiger partial charge in [-0.15, -0.1) is 0 Å². The van der Waals surface area contributed by atoms with E-state index >= 15 is 0 Å². The highest BCUT2D eigenvalue weighted by atomic mass is 16.5. The van der Waals surface area contributed by atoms with Crippen molar-refractivity contribution in [3.8, 4) is 5.75 Å². The monoisotopic (exact) mass is 338 g/mol. The van der Waals surface area contributed by atoms with Gasteiger partial charge in [0.2, 0.25) is 0 Å². The van der Waals surface area contributed by atoms with Crippen LogP contribution in [0.2, 0.25) is 0 Å². The average Bonchev–Trinajstić information content (AvgIpc) is 2.63. The molecule has 0 aromatic heterocycles. The van der Waals surface area contributed by atoms with Crippen LogP contribution in [0.25, 0.3) is 0 Å². The molecule has 1 amide bonds. The Morgan fingerprint density at radius 3 is 2.44 bits per heavy atom. The second kappa shape index (κ2) is 7.70. The zero-order chi connectivity index (χ0) is 17.8. The summed E-state index contributed by atoms with van der Waals surface area (Å²) in [5.41, 5.74) is 2.35. The van der Waals surface area contributed by atoms with Crippen molar-refractivity contribution in [3.63, 3.8) is 0 Å². The normalized spacial score (nSPS) is 19.5. The summed E-state index contributed by atoms with van der Waals surface area (Å²) in [4.78, 5) is 17.3. The standard InChI is InChI=1S/C21H26N2O2/c1-16-9-11-19(12-10-16)25-17(2)21(24)23-14-13-22(3)15-20(23)18-7-5-4-6-8-18/h4-12,17,20H,13-15H2,1-3H3. The van der Waals surface area contributed by atoms with Gasteiger partial charge in [-0.1, -0.05) is 48.0 Å². The Kier molecular flexibility index (Phi) is 5.39. The van der Waals surface area contributed by atoms with Crippen LogP contribution in [-0.2, 0) is 4.79 Å². The number of ether oxygens (including phenoxy) is 1. The van der Waals surface area contributed by atoms with E-state index in [9.17, 15) is 4.79 Å². The molecule has 2 atom stereocenters. The van der Waals surface area contributed by atoms with E-state index in [0.717, 1.165) is 25.4 Å². The number of piperazine rings is 1. The Balaban J connectivity index is 1.75. The number of likely N-dealkylation sites (N-methyl/N-ethyl adjacent to an activating group) is 1. The van der Waals surface area contributed by atoms with Crippen LogP contribution < -0.4 is 4.74 Å². The lowest BCUT2D eigenvalue weighted by molar-refractivity contribution is -0.143. The molecule has 1 aliphatic rings. The molecule has 1 heterocycles. The molecule has 2 aromatic carbocycles. The molecule has 1 aliphatic heterocycles. The first-order chi connectivity index (χ1) is 12.0. The number of carbonyl (C=O) groups excluding carboxylic acids is 1. The van der Waals surface area contributed by atoms with Crippen molar-refractivity contribution in [1.29, 1.82) is 0 Å². The van der Waals surface area contributed by atoms with E-state index in [2.05, 4.69) is 24.1 Å². The first kappa shape index (κ1) is 17.5. The maximum Gasteiger partial charge on any atom is 0.263 e. The summed E-state index contributed by atoms with van der Waals surface area (Å²) in [5.74, 6) is 0.777. The number of carbonyl (C=O) groups is 1. The van der Waals surface area contributed by atoms with Crippen molar-refractivity contribution in [2.24, 2.45) is 0 Å². The Morgan fingerprint density at radius 2 is 1.76 bits per heavy atom. The molecule has 0 N–H and O–H groups in total. The van der Waals surface area contributed by atoms with E-state index in [1.165, 1.54) is 11.1 Å². The largest absolute Gasteiger partial charge is 0.481 e. The molecule has 0 saturated carbocycles. The summed E-state index contributed by atoms with van der Waals surface area (Å²) in [6.07, 6.45) is -0.502. The maximum absolute atomic E-state index is 13.0. The zero-order valence-corrected chi connectivity index (χ0v) is 15.2. The maximum atomic E-state index is 13.0. The van der Waals surface area contributed by atoms with Gasteiger partial charge < -0.3 is 14.5 Å². The predicted molar refractivity (Wildman–Crippen MR) is 99.7 cm³/mol. The molecular weight excluding hydrogens is 312 g/mol. The minimum Gasteiger partial charge on any atom is -0.481 e. The number of amides is 1. The highest BCUT2D eigenvalue weighted by Crippen LogP contribution is 2.26. The number of nitrogens with zero attached hydrogens (tertiary/aromatic N) is 2. The lowest BCUT2D eigenvalue weighted by atomic mass is 10.0. The van der Waals surface area contributed by atoms with Crippen LogP contribution in [0.15, 0.2) is 54.6 Å². The lowest BCUT2D eigenvalue weighted by Gasteiger charge is -2.41. The van der Waals surface area contributed by atoms with Crippen molar-refractivity contribution < 1.29 is 9.53 Å². The van der Waals surface area contributed by atoms with Crippen molar-refractivity contribution in [2.75, 3.05) is 26.7 Å². The molecule has 0 aliphatic carbocycles. The zero-order valence-electron chi connectivity index (χ0n) is 15.2. The molecule has 0 spiro atoms. The predicted octanol–water partition coefficient (Wildman–Crippen LogP) is 3.28. The highest BCUT2D eigenvalue weighted by Gasteiger charge is 2.33. The fourth-order valence-electron chi connectivity index (χ4n) is 3.25. The molecule has 25 heavy (non-hydrogen) atoms. The van der Waals surface area contributed by atoms with Gasteiger partial charge in [0.25, 0.3) is 5.91 Å². The molecule has 3 rings (SSSR count). The van der Waals surface area contributed by atoms with Crippen LogP contribution in [0.1, 0.15) is 24.1 Å². The van der Waals surface area contributed by atoms with Crippen molar-refractivity contribution in [1.82, 2.24) is 9.80 Å². The number of aryl methyl sites for hydroxylation is 1. The third-order valence-electron chi connectivity index (χ3n) is 4.73. The summed E-state index contributed by atoms with van der Waals surface area (Å²) in [6.45, 7) is 6.31. The first-order valence-corrected chi connectivity index (χ1v) is 8.82. The minimum absolute atomic E-state index is 0.0440. The van der Waals surface area contributed by atoms with Gasteiger partial charge in [-0.2, -0.15) is 0 Å². The van der Waals surface area contributed by atoms with Crippen LogP contribution in [0, 0.1) is 6.92 Å². The lowest BCUT2D eigenvalue weighted by Crippen LogP contribution is -2.52.